The number of anilines is 2. The summed E-state index contributed by atoms with van der Waals surface area (Å²) in [6.07, 6.45) is 1.64. The summed E-state index contributed by atoms with van der Waals surface area (Å²) in [5, 5.41) is 5.99. The van der Waals surface area contributed by atoms with Crippen LogP contribution in [0.5, 0.6) is 5.75 Å². The molecule has 0 bridgehead atoms. The van der Waals surface area contributed by atoms with Crippen molar-refractivity contribution in [2.24, 2.45) is 0 Å². The number of ether oxygens (including phenoxy) is 1. The molecule has 3 aromatic rings. The lowest BCUT2D eigenvalue weighted by Crippen LogP contribution is -2.43. The van der Waals surface area contributed by atoms with Gasteiger partial charge in [-0.3, -0.25) is 14.5 Å². The molecule has 4 rings (SSSR count). The quantitative estimate of drug-likeness (QED) is 0.614. The lowest BCUT2D eigenvalue weighted by atomic mass is 10.0. The summed E-state index contributed by atoms with van der Waals surface area (Å²) in [6.45, 7) is 5.92. The van der Waals surface area contributed by atoms with Crippen LogP contribution < -0.4 is 15.0 Å². The van der Waals surface area contributed by atoms with Crippen LogP contribution in [0.3, 0.4) is 0 Å². The first-order chi connectivity index (χ1) is 15.0. The van der Waals surface area contributed by atoms with E-state index in [0.717, 1.165) is 45.9 Å². The zero-order valence-corrected chi connectivity index (χ0v) is 18.7. The maximum atomic E-state index is 13.0. The zero-order chi connectivity index (χ0) is 22.0. The summed E-state index contributed by atoms with van der Waals surface area (Å²) in [5.74, 6) is 0.117. The summed E-state index contributed by atoms with van der Waals surface area (Å²) < 4.78 is 5.59. The highest BCUT2D eigenvalue weighted by atomic mass is 32.1. The Kier molecular flexibility index (Phi) is 6.04. The lowest BCUT2D eigenvalue weighted by Gasteiger charge is -2.29. The van der Waals surface area contributed by atoms with Gasteiger partial charge in [0.1, 0.15) is 12.3 Å². The van der Waals surface area contributed by atoms with Gasteiger partial charge in [0.2, 0.25) is 5.91 Å². The highest BCUT2D eigenvalue weighted by molar-refractivity contribution is 7.09. The van der Waals surface area contributed by atoms with E-state index in [0.29, 0.717) is 11.4 Å². The molecule has 1 aliphatic heterocycles. The van der Waals surface area contributed by atoms with Crippen molar-refractivity contribution in [1.29, 1.82) is 0 Å². The molecule has 0 unspecified atom stereocenters. The van der Waals surface area contributed by atoms with E-state index in [1.54, 1.807) is 11.3 Å². The van der Waals surface area contributed by atoms with E-state index in [2.05, 4.69) is 24.1 Å². The molecule has 7 heteroatoms. The number of amides is 2. The number of aromatic nitrogens is 1. The largest absolute Gasteiger partial charge is 0.482 e. The minimum absolute atomic E-state index is 0.0735. The van der Waals surface area contributed by atoms with Crippen LogP contribution in [0, 0.1) is 6.92 Å². The Labute approximate surface area is 185 Å². The number of hydrogen-bond acceptors (Lipinski definition) is 5. The minimum Gasteiger partial charge on any atom is -0.482 e. The second kappa shape index (κ2) is 8.89. The van der Waals surface area contributed by atoms with Gasteiger partial charge in [-0.15, -0.1) is 11.3 Å². The number of para-hydroxylation sites is 1. The molecule has 0 spiro atoms. The van der Waals surface area contributed by atoms with Gasteiger partial charge in [-0.1, -0.05) is 32.0 Å². The lowest BCUT2D eigenvalue weighted by molar-refractivity contribution is -0.123. The van der Waals surface area contributed by atoms with Gasteiger partial charge in [-0.2, -0.15) is 0 Å². The van der Waals surface area contributed by atoms with Crippen LogP contribution in [-0.4, -0.2) is 29.9 Å². The van der Waals surface area contributed by atoms with Crippen molar-refractivity contribution in [3.8, 4) is 17.0 Å². The first kappa shape index (κ1) is 21.1. The number of fused-ring (bicyclic) bond motifs is 1. The molecule has 0 saturated heterocycles. The fourth-order valence-electron chi connectivity index (χ4n) is 3.76. The molecule has 2 heterocycles. The summed E-state index contributed by atoms with van der Waals surface area (Å²) >= 11 is 1.57. The molecule has 0 atom stereocenters. The molecular formula is C24H25N3O3S. The zero-order valence-electron chi connectivity index (χ0n) is 17.9. The van der Waals surface area contributed by atoms with Crippen LogP contribution in [0.15, 0.2) is 41.8 Å². The number of rotatable bonds is 6. The summed E-state index contributed by atoms with van der Waals surface area (Å²) in [6, 6.07) is 11.7. The average Bonchev–Trinajstić information content (AvgIpc) is 3.21. The molecule has 1 aliphatic rings. The van der Waals surface area contributed by atoms with Crippen LogP contribution in [0.1, 0.15) is 30.0 Å². The van der Waals surface area contributed by atoms with Gasteiger partial charge >= 0.3 is 0 Å². The van der Waals surface area contributed by atoms with Crippen molar-refractivity contribution in [2.45, 2.75) is 33.6 Å². The first-order valence-electron chi connectivity index (χ1n) is 10.4. The Morgan fingerprint density at radius 3 is 2.58 bits per heavy atom. The van der Waals surface area contributed by atoms with Crippen LogP contribution >= 0.6 is 11.3 Å². The molecule has 160 valence electrons. The van der Waals surface area contributed by atoms with Crippen molar-refractivity contribution in [3.05, 3.63) is 57.9 Å². The fraction of sp³-hybridized carbons (Fsp3) is 0.292. The molecule has 6 nitrogen and oxygen atoms in total. The van der Waals surface area contributed by atoms with Crippen molar-refractivity contribution in [3.63, 3.8) is 0 Å². The fourth-order valence-corrected chi connectivity index (χ4v) is 4.38. The number of nitrogens with one attached hydrogen (secondary N) is 1. The Hall–Kier alpha value is -3.19. The Bertz CT molecular complexity index is 1120. The Morgan fingerprint density at radius 1 is 1.19 bits per heavy atom. The number of carbonyl (C=O) groups is 2. The van der Waals surface area contributed by atoms with Crippen molar-refractivity contribution >= 4 is 34.5 Å². The van der Waals surface area contributed by atoms with Crippen LogP contribution in [0.2, 0.25) is 0 Å². The van der Waals surface area contributed by atoms with E-state index < -0.39 is 0 Å². The Morgan fingerprint density at radius 2 is 1.94 bits per heavy atom. The summed E-state index contributed by atoms with van der Waals surface area (Å²) in [7, 11) is 0. The molecule has 1 aromatic heterocycles. The smallest absolute Gasteiger partial charge is 0.265 e. The highest BCUT2D eigenvalue weighted by Gasteiger charge is 2.28. The van der Waals surface area contributed by atoms with Gasteiger partial charge in [0.25, 0.3) is 5.91 Å². The van der Waals surface area contributed by atoms with Gasteiger partial charge < -0.3 is 10.1 Å². The summed E-state index contributed by atoms with van der Waals surface area (Å²) in [4.78, 5) is 31.6. The SMILES string of the molecule is CCc1cccc(CC)c1NC(=O)CN1C(=O)COc2ccc(-c3csc(C)n3)cc21. The molecule has 0 fully saturated rings. The first-order valence-corrected chi connectivity index (χ1v) is 11.3. The predicted molar refractivity (Wildman–Crippen MR) is 124 cm³/mol. The Balaban J connectivity index is 1.61. The van der Waals surface area contributed by atoms with Gasteiger partial charge in [-0.25, -0.2) is 4.98 Å². The number of benzene rings is 2. The predicted octanol–water partition coefficient (Wildman–Crippen LogP) is 4.61. The van der Waals surface area contributed by atoms with Crippen LogP contribution in [0.25, 0.3) is 11.3 Å². The van der Waals surface area contributed by atoms with Crippen molar-refractivity contribution in [1.82, 2.24) is 4.98 Å². The topological polar surface area (TPSA) is 71.5 Å². The maximum Gasteiger partial charge on any atom is 0.265 e. The third-order valence-electron chi connectivity index (χ3n) is 5.38. The second-order valence-corrected chi connectivity index (χ2v) is 8.47. The monoisotopic (exact) mass is 435 g/mol. The van der Waals surface area contributed by atoms with Gasteiger partial charge in [0, 0.05) is 16.6 Å². The number of aryl methyl sites for hydroxylation is 3. The average molecular weight is 436 g/mol. The summed E-state index contributed by atoms with van der Waals surface area (Å²) in [5.41, 5.74) is 5.35. The van der Waals surface area contributed by atoms with Gasteiger partial charge in [0.05, 0.1) is 16.4 Å². The molecule has 0 aliphatic carbocycles. The van der Waals surface area contributed by atoms with Crippen molar-refractivity contribution < 1.29 is 14.3 Å². The second-order valence-electron chi connectivity index (χ2n) is 7.41. The molecule has 0 radical (unpaired) electrons. The maximum absolute atomic E-state index is 13.0. The van der Waals surface area contributed by atoms with Gasteiger partial charge in [0.15, 0.2) is 6.61 Å². The van der Waals surface area contributed by atoms with Crippen LogP contribution in [0.4, 0.5) is 11.4 Å². The number of hydrogen-bond donors (Lipinski definition) is 1. The number of thiazole rings is 1. The number of nitrogens with zero attached hydrogens (tertiary/aromatic N) is 2. The molecule has 31 heavy (non-hydrogen) atoms. The van der Waals surface area contributed by atoms with Crippen LogP contribution in [-0.2, 0) is 22.4 Å². The third kappa shape index (κ3) is 4.32. The van der Waals surface area contributed by atoms with Crippen molar-refractivity contribution in [2.75, 3.05) is 23.4 Å². The van der Waals surface area contributed by atoms with E-state index in [1.807, 2.05) is 48.7 Å². The van der Waals surface area contributed by atoms with E-state index >= 15 is 0 Å². The molecule has 2 amide bonds. The minimum atomic E-state index is -0.242. The number of carbonyl (C=O) groups excluding carboxylic acids is 2. The standard InChI is InChI=1S/C24H25N3O3S/c1-4-16-7-6-8-17(5-2)24(16)26-22(28)12-27-20-11-18(19-14-31-15(3)25-19)9-10-21(20)30-13-23(27)29/h6-11,14H,4-5,12-13H2,1-3H3,(H,26,28). The third-order valence-corrected chi connectivity index (χ3v) is 6.16. The molecule has 0 saturated carbocycles. The van der Waals surface area contributed by atoms with E-state index in [9.17, 15) is 9.59 Å². The highest BCUT2D eigenvalue weighted by Crippen LogP contribution is 2.36. The molecule has 1 N–H and O–H groups in total. The van der Waals surface area contributed by atoms with E-state index in [-0.39, 0.29) is 25.0 Å². The van der Waals surface area contributed by atoms with Gasteiger partial charge in [-0.05, 0) is 49.1 Å². The van der Waals surface area contributed by atoms with E-state index in [4.69, 9.17) is 4.74 Å². The molecule has 2 aromatic carbocycles. The molecular weight excluding hydrogens is 410 g/mol. The van der Waals surface area contributed by atoms with E-state index in [1.165, 1.54) is 4.90 Å². The normalized spacial score (nSPS) is 13.0.